The third-order valence-electron chi connectivity index (χ3n) is 4.31. The number of carbonyl (C=O) groups is 1. The fourth-order valence-electron chi connectivity index (χ4n) is 3.06. The minimum absolute atomic E-state index is 0.224. The van der Waals surface area contributed by atoms with E-state index in [1.54, 1.807) is 0 Å². The largest absolute Gasteiger partial charge is 0.342 e. The van der Waals surface area contributed by atoms with E-state index in [1.165, 1.54) is 18.2 Å². The molecule has 116 valence electrons. The normalized spacial score (nSPS) is 22.7. The van der Waals surface area contributed by atoms with Gasteiger partial charge in [0.05, 0.1) is 5.75 Å². The molecule has 0 aliphatic carbocycles. The predicted octanol–water partition coefficient (Wildman–Crippen LogP) is 0.997. The number of likely N-dealkylation sites (tertiary alicyclic amines) is 1. The number of thioether (sulfide) groups is 1. The summed E-state index contributed by atoms with van der Waals surface area (Å²) in [5.74, 6) is 2.18. The van der Waals surface area contributed by atoms with Crippen LogP contribution in [-0.2, 0) is 11.8 Å². The second-order valence-electron chi connectivity index (χ2n) is 5.82. The maximum atomic E-state index is 12.1. The van der Waals surface area contributed by atoms with Crippen LogP contribution in [0.2, 0.25) is 0 Å². The Morgan fingerprint density at radius 2 is 2.14 bits per heavy atom. The van der Waals surface area contributed by atoms with Crippen molar-refractivity contribution in [3.63, 3.8) is 0 Å². The van der Waals surface area contributed by atoms with E-state index in [-0.39, 0.29) is 5.91 Å². The van der Waals surface area contributed by atoms with E-state index >= 15 is 0 Å². The number of nitrogens with one attached hydrogen (secondary N) is 1. The van der Waals surface area contributed by atoms with E-state index in [2.05, 4.69) is 20.1 Å². The SMILES string of the molecule is Cn1c(SCC(=O)N2CCCC2)nnc1C1CCCNC1. The van der Waals surface area contributed by atoms with Crippen LogP contribution < -0.4 is 5.32 Å². The highest BCUT2D eigenvalue weighted by atomic mass is 32.2. The lowest BCUT2D eigenvalue weighted by molar-refractivity contribution is -0.127. The number of nitrogens with zero attached hydrogens (tertiary/aromatic N) is 4. The first-order valence-electron chi connectivity index (χ1n) is 7.76. The molecular weight excluding hydrogens is 286 g/mol. The molecule has 0 aromatic carbocycles. The van der Waals surface area contributed by atoms with Crippen molar-refractivity contribution < 1.29 is 4.79 Å². The van der Waals surface area contributed by atoms with Crippen molar-refractivity contribution in [2.24, 2.45) is 7.05 Å². The minimum Gasteiger partial charge on any atom is -0.342 e. The Bertz CT molecular complexity index is 492. The monoisotopic (exact) mass is 309 g/mol. The third-order valence-corrected chi connectivity index (χ3v) is 5.32. The summed E-state index contributed by atoms with van der Waals surface area (Å²) in [7, 11) is 2.01. The van der Waals surface area contributed by atoms with Crippen molar-refractivity contribution >= 4 is 17.7 Å². The number of hydrogen-bond acceptors (Lipinski definition) is 5. The molecule has 1 unspecified atom stereocenters. The molecule has 6 nitrogen and oxygen atoms in total. The van der Waals surface area contributed by atoms with E-state index in [4.69, 9.17) is 0 Å². The molecular formula is C14H23N5OS. The Hall–Kier alpha value is -1.08. The number of carbonyl (C=O) groups excluding carboxylic acids is 1. The van der Waals surface area contributed by atoms with Crippen LogP contribution in [0.1, 0.15) is 37.4 Å². The molecule has 3 rings (SSSR count). The van der Waals surface area contributed by atoms with E-state index in [1.807, 2.05) is 11.9 Å². The third kappa shape index (κ3) is 3.40. The topological polar surface area (TPSA) is 63.1 Å². The zero-order chi connectivity index (χ0) is 14.7. The zero-order valence-electron chi connectivity index (χ0n) is 12.5. The molecule has 7 heteroatoms. The van der Waals surface area contributed by atoms with Gasteiger partial charge in [0.25, 0.3) is 0 Å². The van der Waals surface area contributed by atoms with Gasteiger partial charge in [-0.1, -0.05) is 11.8 Å². The van der Waals surface area contributed by atoms with Gasteiger partial charge in [-0.3, -0.25) is 4.79 Å². The summed E-state index contributed by atoms with van der Waals surface area (Å²) >= 11 is 1.50. The highest BCUT2D eigenvalue weighted by Crippen LogP contribution is 2.25. The first-order valence-corrected chi connectivity index (χ1v) is 8.75. The highest BCUT2D eigenvalue weighted by Gasteiger charge is 2.23. The van der Waals surface area contributed by atoms with Gasteiger partial charge in [0.1, 0.15) is 5.82 Å². The molecule has 2 fully saturated rings. The standard InChI is InChI=1S/C14H23N5OS/c1-18-13(11-5-4-6-15-9-11)16-17-14(18)21-10-12(20)19-7-2-3-8-19/h11,15H,2-10H2,1H3. The van der Waals surface area contributed by atoms with Crippen LogP contribution >= 0.6 is 11.8 Å². The van der Waals surface area contributed by atoms with E-state index in [9.17, 15) is 4.79 Å². The van der Waals surface area contributed by atoms with Gasteiger partial charge in [-0.15, -0.1) is 10.2 Å². The molecule has 1 amide bonds. The van der Waals surface area contributed by atoms with Crippen molar-refractivity contribution in [2.45, 2.75) is 36.8 Å². The van der Waals surface area contributed by atoms with Gasteiger partial charge in [-0.25, -0.2) is 0 Å². The molecule has 1 aromatic heterocycles. The Kier molecular flexibility index (Phi) is 4.80. The molecule has 2 saturated heterocycles. The number of piperidine rings is 1. The van der Waals surface area contributed by atoms with Gasteiger partial charge in [-0.05, 0) is 32.2 Å². The molecule has 0 radical (unpaired) electrons. The lowest BCUT2D eigenvalue weighted by atomic mass is 9.99. The fourth-order valence-corrected chi connectivity index (χ4v) is 3.88. The smallest absolute Gasteiger partial charge is 0.233 e. The maximum absolute atomic E-state index is 12.1. The Morgan fingerprint density at radius 1 is 1.33 bits per heavy atom. The molecule has 3 heterocycles. The van der Waals surface area contributed by atoms with Crippen LogP contribution in [0.5, 0.6) is 0 Å². The molecule has 21 heavy (non-hydrogen) atoms. The van der Waals surface area contributed by atoms with Crippen LogP contribution in [0.15, 0.2) is 5.16 Å². The quantitative estimate of drug-likeness (QED) is 0.841. The fraction of sp³-hybridized carbons (Fsp3) is 0.786. The van der Waals surface area contributed by atoms with Crippen LogP contribution in [0, 0.1) is 0 Å². The lowest BCUT2D eigenvalue weighted by Gasteiger charge is -2.21. The zero-order valence-corrected chi connectivity index (χ0v) is 13.4. The van der Waals surface area contributed by atoms with Crippen LogP contribution in [0.4, 0.5) is 0 Å². The summed E-state index contributed by atoms with van der Waals surface area (Å²) in [5, 5.41) is 12.9. The van der Waals surface area contributed by atoms with Gasteiger partial charge in [0.15, 0.2) is 5.16 Å². The number of hydrogen-bond donors (Lipinski definition) is 1. The molecule has 0 spiro atoms. The van der Waals surface area contributed by atoms with Gasteiger partial charge in [0.2, 0.25) is 5.91 Å². The van der Waals surface area contributed by atoms with Gasteiger partial charge < -0.3 is 14.8 Å². The second-order valence-corrected chi connectivity index (χ2v) is 6.76. The summed E-state index contributed by atoms with van der Waals surface area (Å²) < 4.78 is 2.06. The van der Waals surface area contributed by atoms with Gasteiger partial charge in [-0.2, -0.15) is 0 Å². The maximum Gasteiger partial charge on any atom is 0.233 e. The van der Waals surface area contributed by atoms with E-state index in [0.29, 0.717) is 11.7 Å². The summed E-state index contributed by atoms with van der Waals surface area (Å²) in [6.07, 6.45) is 4.63. The molecule has 2 aliphatic heterocycles. The van der Waals surface area contributed by atoms with Crippen molar-refractivity contribution in [3.8, 4) is 0 Å². The first-order chi connectivity index (χ1) is 10.3. The Morgan fingerprint density at radius 3 is 2.86 bits per heavy atom. The Labute approximate surface area is 129 Å². The predicted molar refractivity (Wildman–Crippen MR) is 82.4 cm³/mol. The first kappa shape index (κ1) is 14.8. The number of amides is 1. The van der Waals surface area contributed by atoms with E-state index in [0.717, 1.165) is 56.4 Å². The van der Waals surface area contributed by atoms with Gasteiger partial charge >= 0.3 is 0 Å². The van der Waals surface area contributed by atoms with Crippen molar-refractivity contribution in [2.75, 3.05) is 31.9 Å². The second kappa shape index (κ2) is 6.79. The van der Waals surface area contributed by atoms with Crippen LogP contribution in [0.3, 0.4) is 0 Å². The van der Waals surface area contributed by atoms with Crippen molar-refractivity contribution in [1.82, 2.24) is 25.0 Å². The minimum atomic E-state index is 0.224. The van der Waals surface area contributed by atoms with Crippen molar-refractivity contribution in [3.05, 3.63) is 5.82 Å². The number of aromatic nitrogens is 3. The van der Waals surface area contributed by atoms with Crippen molar-refractivity contribution in [1.29, 1.82) is 0 Å². The highest BCUT2D eigenvalue weighted by molar-refractivity contribution is 7.99. The molecule has 1 N–H and O–H groups in total. The van der Waals surface area contributed by atoms with E-state index < -0.39 is 0 Å². The molecule has 0 bridgehead atoms. The molecule has 1 atom stereocenters. The summed E-state index contributed by atoms with van der Waals surface area (Å²) in [4.78, 5) is 14.0. The average molecular weight is 309 g/mol. The number of rotatable bonds is 4. The summed E-state index contributed by atoms with van der Waals surface area (Å²) in [5.41, 5.74) is 0. The van der Waals surface area contributed by atoms with Crippen LogP contribution in [0.25, 0.3) is 0 Å². The lowest BCUT2D eigenvalue weighted by Crippen LogP contribution is -2.30. The van der Waals surface area contributed by atoms with Gasteiger partial charge in [0, 0.05) is 32.6 Å². The molecule has 0 saturated carbocycles. The summed E-state index contributed by atoms with van der Waals surface area (Å²) in [6, 6.07) is 0. The van der Waals surface area contributed by atoms with Crippen LogP contribution in [-0.4, -0.2) is 57.5 Å². The summed E-state index contributed by atoms with van der Waals surface area (Å²) in [6.45, 7) is 3.90. The Balaban J connectivity index is 1.58. The molecule has 1 aromatic rings. The molecule has 2 aliphatic rings. The average Bonchev–Trinajstić information content (AvgIpc) is 3.16.